The maximum atomic E-state index is 13.0. The molecule has 0 aliphatic heterocycles. The number of hydrogen-bond acceptors (Lipinski definition) is 4. The summed E-state index contributed by atoms with van der Waals surface area (Å²) in [6, 6.07) is 12.8. The molecule has 1 heterocycles. The van der Waals surface area contributed by atoms with Gasteiger partial charge in [0.2, 0.25) is 5.91 Å². The minimum Gasteiger partial charge on any atom is -0.345 e. The monoisotopic (exact) mass is 413 g/mol. The van der Waals surface area contributed by atoms with Gasteiger partial charge in [-0.25, -0.2) is 9.07 Å². The van der Waals surface area contributed by atoms with Gasteiger partial charge in [0, 0.05) is 18.3 Å². The number of benzene rings is 2. The molecule has 0 spiro atoms. The molecule has 0 saturated heterocycles. The van der Waals surface area contributed by atoms with Crippen LogP contribution in [0.4, 0.5) is 10.1 Å². The molecule has 0 aliphatic carbocycles. The topological polar surface area (TPSA) is 80.9 Å². The Kier molecular flexibility index (Phi) is 6.18. The third kappa shape index (κ3) is 4.94. The highest BCUT2D eigenvalue weighted by Crippen LogP contribution is 2.09. The van der Waals surface area contributed by atoms with E-state index >= 15 is 0 Å². The van der Waals surface area contributed by atoms with Crippen molar-refractivity contribution in [2.75, 3.05) is 5.32 Å². The zero-order valence-corrected chi connectivity index (χ0v) is 16.8. The second-order valence-electron chi connectivity index (χ2n) is 6.47. The van der Waals surface area contributed by atoms with Gasteiger partial charge in [0.1, 0.15) is 12.4 Å². The molecule has 3 aromatic rings. The minimum atomic E-state index is -0.382. The number of carbonyl (C=O) groups excluding carboxylic acids is 2. The standard InChI is InChI=1S/C20H20FN5O2S/c1-13-5-3-4-6-16(13)19(28)22-11-17-24-26(20(29)25(17)2)12-18(27)23-15-9-7-14(21)8-10-15/h3-10H,11-12H2,1-2H3,(H,22,28)(H,23,27). The van der Waals surface area contributed by atoms with Crippen LogP contribution >= 0.6 is 12.2 Å². The lowest BCUT2D eigenvalue weighted by molar-refractivity contribution is -0.116. The van der Waals surface area contributed by atoms with Crippen LogP contribution in [0.5, 0.6) is 0 Å². The van der Waals surface area contributed by atoms with E-state index in [0.29, 0.717) is 21.8 Å². The van der Waals surface area contributed by atoms with E-state index < -0.39 is 0 Å². The number of aromatic nitrogens is 3. The highest BCUT2D eigenvalue weighted by molar-refractivity contribution is 7.71. The first-order valence-corrected chi connectivity index (χ1v) is 9.28. The van der Waals surface area contributed by atoms with Gasteiger partial charge in [0.25, 0.3) is 5.91 Å². The van der Waals surface area contributed by atoms with Crippen LogP contribution in [0, 0.1) is 17.5 Å². The van der Waals surface area contributed by atoms with Crippen LogP contribution < -0.4 is 10.6 Å². The van der Waals surface area contributed by atoms with Gasteiger partial charge in [-0.3, -0.25) is 9.59 Å². The average Bonchev–Trinajstić information content (AvgIpc) is 2.96. The first-order chi connectivity index (χ1) is 13.8. The van der Waals surface area contributed by atoms with E-state index in [0.717, 1.165) is 5.56 Å². The van der Waals surface area contributed by atoms with Gasteiger partial charge in [-0.1, -0.05) is 18.2 Å². The summed E-state index contributed by atoms with van der Waals surface area (Å²) in [5.41, 5.74) is 1.94. The van der Waals surface area contributed by atoms with Crippen LogP contribution in [-0.4, -0.2) is 26.2 Å². The number of hydrogen-bond donors (Lipinski definition) is 2. The van der Waals surface area contributed by atoms with Crippen molar-refractivity contribution in [3.63, 3.8) is 0 Å². The fraction of sp³-hybridized carbons (Fsp3) is 0.200. The zero-order chi connectivity index (χ0) is 21.0. The Morgan fingerprint density at radius 3 is 2.52 bits per heavy atom. The molecule has 0 aliphatic rings. The molecule has 0 bridgehead atoms. The Labute approximate surface area is 172 Å². The summed E-state index contributed by atoms with van der Waals surface area (Å²) in [7, 11) is 1.72. The van der Waals surface area contributed by atoms with Crippen molar-refractivity contribution in [2.45, 2.75) is 20.0 Å². The Hall–Kier alpha value is -3.33. The summed E-state index contributed by atoms with van der Waals surface area (Å²) in [4.78, 5) is 24.6. The first kappa shape index (κ1) is 20.4. The van der Waals surface area contributed by atoms with Crippen molar-refractivity contribution < 1.29 is 14.0 Å². The summed E-state index contributed by atoms with van der Waals surface area (Å²) < 4.78 is 16.3. The molecule has 0 atom stereocenters. The molecule has 0 fully saturated rings. The molecule has 9 heteroatoms. The highest BCUT2D eigenvalue weighted by Gasteiger charge is 2.13. The number of amides is 2. The SMILES string of the molecule is Cc1ccccc1C(=O)NCc1nn(CC(=O)Nc2ccc(F)cc2)c(=S)n1C. The molecule has 29 heavy (non-hydrogen) atoms. The number of halogens is 1. The molecule has 3 rings (SSSR count). The summed E-state index contributed by atoms with van der Waals surface area (Å²) in [6.07, 6.45) is 0. The lowest BCUT2D eigenvalue weighted by atomic mass is 10.1. The van der Waals surface area contributed by atoms with E-state index in [2.05, 4.69) is 15.7 Å². The summed E-state index contributed by atoms with van der Waals surface area (Å²) in [5, 5.41) is 9.81. The molecular formula is C20H20FN5O2S. The van der Waals surface area contributed by atoms with Gasteiger partial charge < -0.3 is 15.2 Å². The van der Waals surface area contributed by atoms with Gasteiger partial charge in [0.05, 0.1) is 6.54 Å². The van der Waals surface area contributed by atoms with Gasteiger partial charge in [-0.2, -0.15) is 5.10 Å². The maximum Gasteiger partial charge on any atom is 0.251 e. The van der Waals surface area contributed by atoms with Crippen LogP contribution in [0.3, 0.4) is 0 Å². The third-order valence-corrected chi connectivity index (χ3v) is 4.83. The van der Waals surface area contributed by atoms with Crippen molar-refractivity contribution in [1.82, 2.24) is 19.7 Å². The average molecular weight is 413 g/mol. The normalized spacial score (nSPS) is 10.6. The van der Waals surface area contributed by atoms with Crippen molar-refractivity contribution >= 4 is 29.7 Å². The molecule has 7 nitrogen and oxygen atoms in total. The lowest BCUT2D eigenvalue weighted by Crippen LogP contribution is -2.25. The number of aryl methyl sites for hydroxylation is 1. The fourth-order valence-electron chi connectivity index (χ4n) is 2.74. The molecule has 0 saturated carbocycles. The lowest BCUT2D eigenvalue weighted by Gasteiger charge is -2.07. The van der Waals surface area contributed by atoms with Crippen molar-refractivity contribution in [3.05, 3.63) is 76.1 Å². The summed E-state index contributed by atoms with van der Waals surface area (Å²) >= 11 is 5.33. The molecule has 1 aromatic heterocycles. The van der Waals surface area contributed by atoms with Gasteiger partial charge in [-0.15, -0.1) is 0 Å². The van der Waals surface area contributed by atoms with E-state index in [4.69, 9.17) is 12.2 Å². The van der Waals surface area contributed by atoms with Crippen LogP contribution in [0.2, 0.25) is 0 Å². The predicted octanol–water partition coefficient (Wildman–Crippen LogP) is 2.97. The Balaban J connectivity index is 1.65. The van der Waals surface area contributed by atoms with Crippen LogP contribution in [0.15, 0.2) is 48.5 Å². The number of nitrogens with zero attached hydrogens (tertiary/aromatic N) is 3. The van der Waals surface area contributed by atoms with Crippen molar-refractivity contribution in [1.29, 1.82) is 0 Å². The molecule has 2 N–H and O–H groups in total. The fourth-order valence-corrected chi connectivity index (χ4v) is 2.95. The van der Waals surface area contributed by atoms with Gasteiger partial charge in [-0.05, 0) is 55.0 Å². The summed E-state index contributed by atoms with van der Waals surface area (Å²) in [5.74, 6) is -0.419. The summed E-state index contributed by atoms with van der Waals surface area (Å²) in [6.45, 7) is 1.93. The largest absolute Gasteiger partial charge is 0.345 e. The quantitative estimate of drug-likeness (QED) is 0.609. The van der Waals surface area contributed by atoms with E-state index in [1.165, 1.54) is 28.9 Å². The Bertz CT molecular complexity index is 1100. The van der Waals surface area contributed by atoms with Crippen molar-refractivity contribution in [3.8, 4) is 0 Å². The van der Waals surface area contributed by atoms with E-state index in [1.54, 1.807) is 23.7 Å². The third-order valence-electron chi connectivity index (χ3n) is 4.35. The number of rotatable bonds is 6. The predicted molar refractivity (Wildman–Crippen MR) is 109 cm³/mol. The Morgan fingerprint density at radius 2 is 1.83 bits per heavy atom. The zero-order valence-electron chi connectivity index (χ0n) is 16.0. The minimum absolute atomic E-state index is 0.101. The van der Waals surface area contributed by atoms with E-state index in [9.17, 15) is 14.0 Å². The smallest absolute Gasteiger partial charge is 0.251 e. The molecule has 2 aromatic carbocycles. The number of carbonyl (C=O) groups is 2. The van der Waals surface area contributed by atoms with Crippen LogP contribution in [-0.2, 0) is 24.9 Å². The van der Waals surface area contributed by atoms with Crippen LogP contribution in [0.1, 0.15) is 21.7 Å². The van der Waals surface area contributed by atoms with E-state index in [1.807, 2.05) is 19.1 Å². The molecular weight excluding hydrogens is 393 g/mol. The molecule has 2 amide bonds. The number of anilines is 1. The second kappa shape index (κ2) is 8.78. The van der Waals surface area contributed by atoms with E-state index in [-0.39, 0.29) is 30.7 Å². The first-order valence-electron chi connectivity index (χ1n) is 8.87. The van der Waals surface area contributed by atoms with Gasteiger partial charge in [0.15, 0.2) is 10.6 Å². The van der Waals surface area contributed by atoms with Crippen molar-refractivity contribution in [2.24, 2.45) is 7.05 Å². The maximum absolute atomic E-state index is 13.0. The molecule has 0 radical (unpaired) electrons. The number of nitrogens with one attached hydrogen (secondary N) is 2. The van der Waals surface area contributed by atoms with Crippen LogP contribution in [0.25, 0.3) is 0 Å². The molecule has 0 unspecified atom stereocenters. The molecule has 150 valence electrons. The highest BCUT2D eigenvalue weighted by atomic mass is 32.1. The Morgan fingerprint density at radius 1 is 1.14 bits per heavy atom. The second-order valence-corrected chi connectivity index (χ2v) is 6.83. The van der Waals surface area contributed by atoms with Gasteiger partial charge >= 0.3 is 0 Å².